The number of quaternary nitrogens is 1. The summed E-state index contributed by atoms with van der Waals surface area (Å²) in [4.78, 5) is 11.9. The number of fused-ring (bicyclic) bond motifs is 2. The van der Waals surface area contributed by atoms with Crippen molar-refractivity contribution in [2.24, 2.45) is 16.7 Å². The molecule has 2 bridgehead atoms. The molecule has 5 nitrogen and oxygen atoms in total. The number of ether oxygens (including phenoxy) is 3. The molecule has 0 unspecified atom stereocenters. The second kappa shape index (κ2) is 7.93. The molecule has 5 heteroatoms. The second-order valence-electron chi connectivity index (χ2n) is 9.20. The van der Waals surface area contributed by atoms with Gasteiger partial charge in [0.25, 0.3) is 0 Å². The second-order valence-corrected chi connectivity index (χ2v) is 9.20. The summed E-state index contributed by atoms with van der Waals surface area (Å²) in [5, 5.41) is 0. The molecule has 0 aromatic carbocycles. The SMILES string of the molecule is CCOCCOC(=O)C[N+](C)(C)CCO[C@@H]1C[C@H]2CC[C@]1(C)C2(C)C. The quantitative estimate of drug-likeness (QED) is 0.343. The molecule has 0 heterocycles. The standard InChI is InChI=1S/C20H38NO4/c1-7-23-12-13-25-18(22)15-21(5,6)10-11-24-17-14-16-8-9-20(17,4)19(16,2)3/h16-17H,7-15H2,1-6H3/q+1/t16-,17-,20+/m1/s1. The van der Waals surface area contributed by atoms with Crippen molar-refractivity contribution in [1.29, 1.82) is 0 Å². The van der Waals surface area contributed by atoms with E-state index in [1.807, 2.05) is 6.92 Å². The lowest BCUT2D eigenvalue weighted by Gasteiger charge is -2.39. The molecule has 0 aromatic rings. The fourth-order valence-electron chi connectivity index (χ4n) is 4.66. The molecule has 2 saturated carbocycles. The summed E-state index contributed by atoms with van der Waals surface area (Å²) >= 11 is 0. The summed E-state index contributed by atoms with van der Waals surface area (Å²) in [6, 6.07) is 0. The average molecular weight is 357 g/mol. The molecule has 2 aliphatic carbocycles. The minimum Gasteiger partial charge on any atom is -0.459 e. The number of likely N-dealkylation sites (N-methyl/N-ethyl adjacent to an activating group) is 1. The molecular formula is C20H38NO4+. The van der Waals surface area contributed by atoms with E-state index in [1.165, 1.54) is 19.3 Å². The molecule has 0 N–H and O–H groups in total. The van der Waals surface area contributed by atoms with Gasteiger partial charge in [-0.25, -0.2) is 4.79 Å². The zero-order valence-electron chi connectivity index (χ0n) is 17.1. The van der Waals surface area contributed by atoms with Gasteiger partial charge >= 0.3 is 5.97 Å². The van der Waals surface area contributed by atoms with E-state index in [0.29, 0.717) is 54.4 Å². The molecule has 0 aromatic heterocycles. The van der Waals surface area contributed by atoms with Crippen LogP contribution in [0.2, 0.25) is 0 Å². The third-order valence-electron chi connectivity index (χ3n) is 6.98. The molecular weight excluding hydrogens is 318 g/mol. The van der Waals surface area contributed by atoms with Crippen LogP contribution in [-0.4, -0.2) is 70.2 Å². The van der Waals surface area contributed by atoms with Crippen LogP contribution in [0.25, 0.3) is 0 Å². The average Bonchev–Trinajstić information content (AvgIpc) is 2.84. The summed E-state index contributed by atoms with van der Waals surface area (Å²) in [7, 11) is 4.11. The maximum absolute atomic E-state index is 11.9. The highest BCUT2D eigenvalue weighted by atomic mass is 16.6. The molecule has 2 rings (SSSR count). The van der Waals surface area contributed by atoms with Gasteiger partial charge in [-0.2, -0.15) is 0 Å². The highest BCUT2D eigenvalue weighted by molar-refractivity contribution is 5.70. The summed E-state index contributed by atoms with van der Waals surface area (Å²) < 4.78 is 17.3. The fraction of sp³-hybridized carbons (Fsp3) is 0.950. The van der Waals surface area contributed by atoms with Gasteiger partial charge in [0.1, 0.15) is 13.2 Å². The van der Waals surface area contributed by atoms with E-state index in [2.05, 4.69) is 34.9 Å². The molecule has 146 valence electrons. The zero-order valence-corrected chi connectivity index (χ0v) is 17.1. The van der Waals surface area contributed by atoms with Crippen LogP contribution in [0.1, 0.15) is 47.0 Å². The van der Waals surface area contributed by atoms with Gasteiger partial charge in [-0.1, -0.05) is 20.8 Å². The Morgan fingerprint density at radius 1 is 1.16 bits per heavy atom. The van der Waals surface area contributed by atoms with Crippen molar-refractivity contribution in [2.45, 2.75) is 53.1 Å². The summed E-state index contributed by atoms with van der Waals surface area (Å²) in [5.74, 6) is 0.628. The van der Waals surface area contributed by atoms with Crippen molar-refractivity contribution in [3.05, 3.63) is 0 Å². The lowest BCUT2D eigenvalue weighted by Crippen LogP contribution is -2.47. The van der Waals surface area contributed by atoms with Gasteiger partial charge in [-0.3, -0.25) is 0 Å². The molecule has 2 fully saturated rings. The Balaban J connectivity index is 1.71. The molecule has 0 aliphatic heterocycles. The first-order chi connectivity index (χ1) is 11.6. The molecule has 25 heavy (non-hydrogen) atoms. The van der Waals surface area contributed by atoms with Crippen LogP contribution in [0.15, 0.2) is 0 Å². The third-order valence-corrected chi connectivity index (χ3v) is 6.98. The number of rotatable bonds is 10. The summed E-state index contributed by atoms with van der Waals surface area (Å²) in [6.45, 7) is 12.5. The van der Waals surface area contributed by atoms with Crippen LogP contribution in [0.5, 0.6) is 0 Å². The van der Waals surface area contributed by atoms with Gasteiger partial charge < -0.3 is 18.7 Å². The van der Waals surface area contributed by atoms with Crippen molar-refractivity contribution >= 4 is 5.97 Å². The largest absolute Gasteiger partial charge is 0.459 e. The fourth-order valence-corrected chi connectivity index (χ4v) is 4.66. The lowest BCUT2D eigenvalue weighted by molar-refractivity contribution is -0.883. The van der Waals surface area contributed by atoms with Crippen molar-refractivity contribution in [2.75, 3.05) is 53.6 Å². The van der Waals surface area contributed by atoms with E-state index in [9.17, 15) is 4.79 Å². The van der Waals surface area contributed by atoms with Crippen molar-refractivity contribution in [3.8, 4) is 0 Å². The van der Waals surface area contributed by atoms with E-state index in [-0.39, 0.29) is 5.97 Å². The van der Waals surface area contributed by atoms with Crippen molar-refractivity contribution in [1.82, 2.24) is 0 Å². The molecule has 0 radical (unpaired) electrons. The molecule has 0 spiro atoms. The van der Waals surface area contributed by atoms with Crippen molar-refractivity contribution in [3.63, 3.8) is 0 Å². The minimum absolute atomic E-state index is 0.169. The molecule has 0 amide bonds. The van der Waals surface area contributed by atoms with E-state index in [4.69, 9.17) is 14.2 Å². The van der Waals surface area contributed by atoms with Crippen LogP contribution in [0.4, 0.5) is 0 Å². The Bertz CT molecular complexity index is 463. The summed E-state index contributed by atoms with van der Waals surface area (Å²) in [6.07, 6.45) is 4.17. The predicted octanol–water partition coefficient (Wildman–Crippen LogP) is 2.87. The third kappa shape index (κ3) is 4.55. The topological polar surface area (TPSA) is 44.8 Å². The number of hydrogen-bond donors (Lipinski definition) is 0. The van der Waals surface area contributed by atoms with E-state index < -0.39 is 0 Å². The molecule has 0 saturated heterocycles. The Morgan fingerprint density at radius 2 is 1.88 bits per heavy atom. The van der Waals surface area contributed by atoms with Gasteiger partial charge in [0, 0.05) is 6.61 Å². The Hall–Kier alpha value is -0.650. The summed E-state index contributed by atoms with van der Waals surface area (Å²) in [5.41, 5.74) is 0.680. The maximum Gasteiger partial charge on any atom is 0.361 e. The lowest BCUT2D eigenvalue weighted by atomic mass is 9.70. The normalized spacial score (nSPS) is 30.6. The Morgan fingerprint density at radius 3 is 2.44 bits per heavy atom. The van der Waals surface area contributed by atoms with Gasteiger partial charge in [0.15, 0.2) is 6.54 Å². The van der Waals surface area contributed by atoms with Crippen LogP contribution >= 0.6 is 0 Å². The van der Waals surface area contributed by atoms with Crippen molar-refractivity contribution < 1.29 is 23.5 Å². The first-order valence-corrected chi connectivity index (χ1v) is 9.79. The Kier molecular flexibility index (Phi) is 6.55. The number of esters is 1. The highest BCUT2D eigenvalue weighted by Crippen LogP contribution is 2.66. The number of nitrogens with zero attached hydrogens (tertiary/aromatic N) is 1. The number of carbonyl (C=O) groups excluding carboxylic acids is 1. The smallest absolute Gasteiger partial charge is 0.361 e. The molecule has 3 atom stereocenters. The monoisotopic (exact) mass is 356 g/mol. The maximum atomic E-state index is 11.9. The van der Waals surface area contributed by atoms with Crippen LogP contribution in [-0.2, 0) is 19.0 Å². The predicted molar refractivity (Wildman–Crippen MR) is 98.3 cm³/mol. The number of carbonyl (C=O) groups is 1. The van der Waals surface area contributed by atoms with Gasteiger partial charge in [-0.15, -0.1) is 0 Å². The highest BCUT2D eigenvalue weighted by Gasteiger charge is 2.61. The van der Waals surface area contributed by atoms with Gasteiger partial charge in [0.2, 0.25) is 0 Å². The van der Waals surface area contributed by atoms with Gasteiger partial charge in [0.05, 0.1) is 33.4 Å². The van der Waals surface area contributed by atoms with E-state index >= 15 is 0 Å². The molecule has 2 aliphatic rings. The number of hydrogen-bond acceptors (Lipinski definition) is 4. The Labute approximate surface area is 153 Å². The van der Waals surface area contributed by atoms with Crippen LogP contribution < -0.4 is 0 Å². The van der Waals surface area contributed by atoms with E-state index in [0.717, 1.165) is 12.5 Å². The van der Waals surface area contributed by atoms with Crippen LogP contribution in [0.3, 0.4) is 0 Å². The van der Waals surface area contributed by atoms with Crippen LogP contribution in [0, 0.1) is 16.7 Å². The minimum atomic E-state index is -0.169. The first kappa shape index (κ1) is 20.7. The zero-order chi connectivity index (χ0) is 18.7. The van der Waals surface area contributed by atoms with E-state index in [1.54, 1.807) is 0 Å². The van der Waals surface area contributed by atoms with Gasteiger partial charge in [-0.05, 0) is 42.9 Å². The first-order valence-electron chi connectivity index (χ1n) is 9.79.